The zero-order chi connectivity index (χ0) is 9.26. The third-order valence-corrected chi connectivity index (χ3v) is 2.03. The number of ether oxygens (including phenoxy) is 2. The molecule has 2 heterocycles. The minimum absolute atomic E-state index is 0.172. The summed E-state index contributed by atoms with van der Waals surface area (Å²) in [5, 5.41) is 0.215. The van der Waals surface area contributed by atoms with Gasteiger partial charge in [0.1, 0.15) is 23.9 Å². The normalized spacial score (nSPS) is 13.9. The number of carbonyl (C=O) groups is 1. The highest BCUT2D eigenvalue weighted by Crippen LogP contribution is 2.37. The van der Waals surface area contributed by atoms with Crippen molar-refractivity contribution in [1.82, 2.24) is 4.98 Å². The first-order chi connectivity index (χ1) is 6.33. The van der Waals surface area contributed by atoms with E-state index in [-0.39, 0.29) is 10.7 Å². The van der Waals surface area contributed by atoms with Crippen LogP contribution in [0.5, 0.6) is 11.5 Å². The van der Waals surface area contributed by atoms with E-state index in [1.165, 1.54) is 6.20 Å². The van der Waals surface area contributed by atoms with Gasteiger partial charge in [-0.05, 0) is 0 Å². The quantitative estimate of drug-likeness (QED) is 0.640. The van der Waals surface area contributed by atoms with Gasteiger partial charge in [-0.25, -0.2) is 4.98 Å². The van der Waals surface area contributed by atoms with Crippen molar-refractivity contribution in [2.75, 3.05) is 13.2 Å². The van der Waals surface area contributed by atoms with E-state index in [9.17, 15) is 4.79 Å². The molecule has 0 saturated heterocycles. The van der Waals surface area contributed by atoms with Gasteiger partial charge < -0.3 is 9.47 Å². The number of nitrogens with zero attached hydrogens (tertiary/aromatic N) is 1. The Morgan fingerprint density at radius 2 is 2.23 bits per heavy atom. The van der Waals surface area contributed by atoms with E-state index < -0.39 is 0 Å². The first-order valence-electron chi connectivity index (χ1n) is 3.72. The second kappa shape index (κ2) is 3.22. The van der Waals surface area contributed by atoms with Gasteiger partial charge in [0, 0.05) is 0 Å². The van der Waals surface area contributed by atoms with Crippen molar-refractivity contribution in [3.8, 4) is 11.5 Å². The zero-order valence-corrected chi connectivity index (χ0v) is 7.37. The van der Waals surface area contributed by atoms with Crippen LogP contribution in [0.25, 0.3) is 0 Å². The predicted molar refractivity (Wildman–Crippen MR) is 45.6 cm³/mol. The maximum absolute atomic E-state index is 10.5. The SMILES string of the molecule is O=Cc1ncc2c(c1Cl)OCCO2. The molecule has 1 aromatic heterocycles. The van der Waals surface area contributed by atoms with E-state index in [1.54, 1.807) is 0 Å². The van der Waals surface area contributed by atoms with Crippen LogP contribution in [-0.2, 0) is 0 Å². The Hall–Kier alpha value is -1.29. The molecule has 0 radical (unpaired) electrons. The molecule has 0 bridgehead atoms. The van der Waals surface area contributed by atoms with Crippen molar-refractivity contribution < 1.29 is 14.3 Å². The molecule has 0 unspecified atom stereocenters. The summed E-state index contributed by atoms with van der Waals surface area (Å²) in [6.07, 6.45) is 2.02. The molecule has 0 N–H and O–H groups in total. The fourth-order valence-corrected chi connectivity index (χ4v) is 1.32. The number of aldehydes is 1. The summed E-state index contributed by atoms with van der Waals surface area (Å²) in [5.74, 6) is 0.895. The number of rotatable bonds is 1. The third-order valence-electron chi connectivity index (χ3n) is 1.67. The second-order valence-electron chi connectivity index (χ2n) is 2.47. The lowest BCUT2D eigenvalue weighted by Gasteiger charge is -2.18. The number of aromatic nitrogens is 1. The number of fused-ring (bicyclic) bond motifs is 1. The van der Waals surface area contributed by atoms with Crippen molar-refractivity contribution >= 4 is 17.9 Å². The maximum Gasteiger partial charge on any atom is 0.183 e. The Balaban J connectivity index is 2.54. The molecule has 4 nitrogen and oxygen atoms in total. The van der Waals surface area contributed by atoms with E-state index in [2.05, 4.69) is 4.98 Å². The highest BCUT2D eigenvalue weighted by Gasteiger charge is 2.18. The van der Waals surface area contributed by atoms with Crippen LogP contribution in [0, 0.1) is 0 Å². The van der Waals surface area contributed by atoms with Crippen molar-refractivity contribution in [1.29, 1.82) is 0 Å². The molecule has 0 aromatic carbocycles. The van der Waals surface area contributed by atoms with Crippen LogP contribution in [0.3, 0.4) is 0 Å². The summed E-state index contributed by atoms with van der Waals surface area (Å²) in [5.41, 5.74) is 0.172. The Bertz CT molecular complexity index is 353. The summed E-state index contributed by atoms with van der Waals surface area (Å²) < 4.78 is 10.5. The minimum atomic E-state index is 0.172. The van der Waals surface area contributed by atoms with Gasteiger partial charge in [-0.2, -0.15) is 0 Å². The first kappa shape index (κ1) is 8.31. The number of carbonyl (C=O) groups excluding carboxylic acids is 1. The van der Waals surface area contributed by atoms with Gasteiger partial charge in [-0.3, -0.25) is 4.79 Å². The molecule has 1 aliphatic rings. The lowest BCUT2D eigenvalue weighted by Crippen LogP contribution is -2.16. The Morgan fingerprint density at radius 1 is 1.46 bits per heavy atom. The lowest BCUT2D eigenvalue weighted by molar-refractivity contribution is 0.111. The molecule has 2 rings (SSSR count). The number of hydrogen-bond acceptors (Lipinski definition) is 4. The fraction of sp³-hybridized carbons (Fsp3) is 0.250. The molecule has 13 heavy (non-hydrogen) atoms. The average Bonchev–Trinajstić information content (AvgIpc) is 2.19. The van der Waals surface area contributed by atoms with Crippen LogP contribution in [0.15, 0.2) is 6.20 Å². The van der Waals surface area contributed by atoms with Crippen LogP contribution in [-0.4, -0.2) is 24.5 Å². The number of halogens is 1. The van der Waals surface area contributed by atoms with Gasteiger partial charge in [0.15, 0.2) is 17.8 Å². The Morgan fingerprint density at radius 3 is 3.00 bits per heavy atom. The molecule has 0 fully saturated rings. The van der Waals surface area contributed by atoms with Crippen molar-refractivity contribution in [2.24, 2.45) is 0 Å². The van der Waals surface area contributed by atoms with Crippen LogP contribution in [0.4, 0.5) is 0 Å². The van der Waals surface area contributed by atoms with Gasteiger partial charge in [0.05, 0.1) is 6.20 Å². The van der Waals surface area contributed by atoms with Crippen molar-refractivity contribution in [3.63, 3.8) is 0 Å². The zero-order valence-electron chi connectivity index (χ0n) is 6.62. The average molecular weight is 200 g/mol. The number of pyridine rings is 1. The second-order valence-corrected chi connectivity index (χ2v) is 2.84. The summed E-state index contributed by atoms with van der Waals surface area (Å²) in [6.45, 7) is 0.917. The fourth-order valence-electron chi connectivity index (χ4n) is 1.08. The molecule has 0 saturated carbocycles. The summed E-state index contributed by atoms with van der Waals surface area (Å²) in [7, 11) is 0. The van der Waals surface area contributed by atoms with E-state index >= 15 is 0 Å². The maximum atomic E-state index is 10.5. The monoisotopic (exact) mass is 199 g/mol. The summed E-state index contributed by atoms with van der Waals surface area (Å²) >= 11 is 5.83. The van der Waals surface area contributed by atoms with Crippen LogP contribution in [0.2, 0.25) is 5.02 Å². The molecule has 0 atom stereocenters. The molecule has 1 aliphatic heterocycles. The van der Waals surface area contributed by atoms with Crippen LogP contribution in [0.1, 0.15) is 10.5 Å². The molecule has 0 amide bonds. The molecule has 0 spiro atoms. The summed E-state index contributed by atoms with van der Waals surface area (Å²) in [4.78, 5) is 14.3. The standard InChI is InChI=1S/C8H6ClNO3/c9-7-5(4-11)10-3-6-8(7)13-2-1-12-6/h3-4H,1-2H2. The van der Waals surface area contributed by atoms with Crippen LogP contribution < -0.4 is 9.47 Å². The summed E-state index contributed by atoms with van der Waals surface area (Å²) in [6, 6.07) is 0. The predicted octanol–water partition coefficient (Wildman–Crippen LogP) is 1.32. The van der Waals surface area contributed by atoms with E-state index in [0.717, 1.165) is 0 Å². The van der Waals surface area contributed by atoms with Gasteiger partial charge in [0.25, 0.3) is 0 Å². The molecular weight excluding hydrogens is 194 g/mol. The van der Waals surface area contributed by atoms with Crippen molar-refractivity contribution in [2.45, 2.75) is 0 Å². The number of hydrogen-bond donors (Lipinski definition) is 0. The van der Waals surface area contributed by atoms with E-state index in [4.69, 9.17) is 21.1 Å². The van der Waals surface area contributed by atoms with Crippen LogP contribution >= 0.6 is 11.6 Å². The molecule has 1 aromatic rings. The van der Waals surface area contributed by atoms with Gasteiger partial charge in [0.2, 0.25) is 0 Å². The van der Waals surface area contributed by atoms with Crippen molar-refractivity contribution in [3.05, 3.63) is 16.9 Å². The molecular formula is C8H6ClNO3. The van der Waals surface area contributed by atoms with Gasteiger partial charge in [-0.1, -0.05) is 11.6 Å². The Kier molecular flexibility index (Phi) is 2.06. The Labute approximate surface area is 79.4 Å². The lowest BCUT2D eigenvalue weighted by atomic mass is 10.3. The molecule has 68 valence electrons. The van der Waals surface area contributed by atoms with E-state index in [1.807, 2.05) is 0 Å². The topological polar surface area (TPSA) is 48.4 Å². The molecule has 0 aliphatic carbocycles. The largest absolute Gasteiger partial charge is 0.484 e. The highest BCUT2D eigenvalue weighted by molar-refractivity contribution is 6.34. The third kappa shape index (κ3) is 1.33. The smallest absolute Gasteiger partial charge is 0.183 e. The highest BCUT2D eigenvalue weighted by atomic mass is 35.5. The minimum Gasteiger partial charge on any atom is -0.484 e. The van der Waals surface area contributed by atoms with E-state index in [0.29, 0.717) is 31.0 Å². The first-order valence-corrected chi connectivity index (χ1v) is 4.10. The molecule has 5 heteroatoms. The van der Waals surface area contributed by atoms with Gasteiger partial charge in [-0.15, -0.1) is 0 Å². The van der Waals surface area contributed by atoms with Gasteiger partial charge >= 0.3 is 0 Å².